The van der Waals surface area contributed by atoms with Gasteiger partial charge in [0.25, 0.3) is 5.56 Å². The molecule has 7 rings (SSSR count). The Morgan fingerprint density at radius 1 is 0.629 bits per heavy atom. The van der Waals surface area contributed by atoms with Crippen LogP contribution in [0.3, 0.4) is 0 Å². The molecule has 0 spiro atoms. The molecular weight excluding hydrogens is 428 g/mol. The van der Waals surface area contributed by atoms with Gasteiger partial charge in [0.1, 0.15) is 5.52 Å². The minimum Gasteiger partial charge on any atom is -0.274 e. The first-order valence-corrected chi connectivity index (χ1v) is 11.9. The predicted molar refractivity (Wildman–Crippen MR) is 146 cm³/mol. The van der Waals surface area contributed by atoms with Crippen LogP contribution in [0.1, 0.15) is 11.1 Å². The largest absolute Gasteiger partial charge is 0.282 e. The summed E-state index contributed by atoms with van der Waals surface area (Å²) in [7, 11) is 0. The van der Waals surface area contributed by atoms with Gasteiger partial charge in [-0.25, -0.2) is 0 Å². The van der Waals surface area contributed by atoms with E-state index in [-0.39, 0.29) is 5.56 Å². The second-order valence-electron chi connectivity index (χ2n) is 9.32. The monoisotopic (exact) mass is 450 g/mol. The Hall–Kier alpha value is -4.50. The van der Waals surface area contributed by atoms with Gasteiger partial charge in [0.2, 0.25) is 0 Å². The van der Waals surface area contributed by atoms with Gasteiger partial charge in [0.15, 0.2) is 0 Å². The lowest BCUT2D eigenvalue weighted by molar-refractivity contribution is 1.18. The summed E-state index contributed by atoms with van der Waals surface area (Å²) in [6.07, 6.45) is 1.69. The Labute approximate surface area is 202 Å². The van der Waals surface area contributed by atoms with E-state index >= 15 is 0 Å². The van der Waals surface area contributed by atoms with E-state index in [1.165, 1.54) is 27.8 Å². The summed E-state index contributed by atoms with van der Waals surface area (Å²) in [4.78, 5) is 17.9. The van der Waals surface area contributed by atoms with Crippen LogP contribution in [0.5, 0.6) is 0 Å². The third kappa shape index (κ3) is 2.79. The molecule has 35 heavy (non-hydrogen) atoms. The van der Waals surface area contributed by atoms with Crippen LogP contribution >= 0.6 is 0 Å². The van der Waals surface area contributed by atoms with Gasteiger partial charge in [0.05, 0.1) is 11.0 Å². The van der Waals surface area contributed by atoms with E-state index in [0.717, 1.165) is 38.1 Å². The number of rotatable bonds is 2. The Balaban J connectivity index is 1.52. The molecule has 0 fully saturated rings. The van der Waals surface area contributed by atoms with Crippen molar-refractivity contribution in [3.8, 4) is 22.3 Å². The molecule has 4 aromatic carbocycles. The zero-order valence-corrected chi connectivity index (χ0v) is 19.5. The Morgan fingerprint density at radius 3 is 2.20 bits per heavy atom. The van der Waals surface area contributed by atoms with E-state index in [9.17, 15) is 4.79 Å². The normalized spacial score (nSPS) is 11.8. The van der Waals surface area contributed by atoms with Crippen LogP contribution in [0.15, 0.2) is 102 Å². The highest BCUT2D eigenvalue weighted by molar-refractivity contribution is 6.20. The number of para-hydroxylation sites is 1. The highest BCUT2D eigenvalue weighted by Crippen LogP contribution is 2.37. The fourth-order valence-electron chi connectivity index (χ4n) is 5.54. The van der Waals surface area contributed by atoms with Crippen LogP contribution in [-0.2, 0) is 0 Å². The number of nitrogens with zero attached hydrogens (tertiary/aromatic N) is 2. The SMILES string of the molecule is Cc1ccccc1-c1cc(-c2ccc3c(c2)c2cccc4c5cccnc5c(=O)n3c42)ccc1C. The first-order chi connectivity index (χ1) is 17.1. The van der Waals surface area contributed by atoms with Crippen molar-refractivity contribution < 1.29 is 0 Å². The maximum Gasteiger partial charge on any atom is 0.282 e. The molecule has 7 aromatic rings. The molecule has 0 atom stereocenters. The predicted octanol–water partition coefficient (Wildman–Crippen LogP) is 7.54. The summed E-state index contributed by atoms with van der Waals surface area (Å²) < 4.78 is 1.84. The molecule has 3 heterocycles. The molecule has 166 valence electrons. The molecule has 0 saturated carbocycles. The summed E-state index contributed by atoms with van der Waals surface area (Å²) in [6.45, 7) is 4.32. The number of hydrogen-bond donors (Lipinski definition) is 0. The van der Waals surface area contributed by atoms with Gasteiger partial charge in [-0.15, -0.1) is 0 Å². The minimum atomic E-state index is -0.0655. The molecule has 3 nitrogen and oxygen atoms in total. The molecule has 0 bridgehead atoms. The van der Waals surface area contributed by atoms with Crippen LogP contribution in [0, 0.1) is 13.8 Å². The van der Waals surface area contributed by atoms with Crippen molar-refractivity contribution in [1.29, 1.82) is 0 Å². The number of pyridine rings is 2. The van der Waals surface area contributed by atoms with Gasteiger partial charge in [-0.1, -0.05) is 66.7 Å². The van der Waals surface area contributed by atoms with Crippen molar-refractivity contribution in [3.63, 3.8) is 0 Å². The van der Waals surface area contributed by atoms with Gasteiger partial charge in [-0.3, -0.25) is 14.2 Å². The molecule has 0 aliphatic heterocycles. The quantitative estimate of drug-likeness (QED) is 0.255. The van der Waals surface area contributed by atoms with Crippen molar-refractivity contribution >= 4 is 38.1 Å². The van der Waals surface area contributed by atoms with Crippen molar-refractivity contribution in [1.82, 2.24) is 9.38 Å². The van der Waals surface area contributed by atoms with Gasteiger partial charge < -0.3 is 0 Å². The lowest BCUT2D eigenvalue weighted by atomic mass is 9.92. The first-order valence-electron chi connectivity index (χ1n) is 11.9. The van der Waals surface area contributed by atoms with Crippen LogP contribution in [0.2, 0.25) is 0 Å². The highest BCUT2D eigenvalue weighted by atomic mass is 16.1. The molecule has 3 heteroatoms. The smallest absolute Gasteiger partial charge is 0.274 e. The summed E-state index contributed by atoms with van der Waals surface area (Å²) >= 11 is 0. The molecule has 0 unspecified atom stereocenters. The second kappa shape index (κ2) is 7.25. The maximum absolute atomic E-state index is 13.5. The number of benzene rings is 4. The van der Waals surface area contributed by atoms with Gasteiger partial charge >= 0.3 is 0 Å². The molecule has 0 amide bonds. The topological polar surface area (TPSA) is 34.4 Å². The van der Waals surface area contributed by atoms with Crippen LogP contribution < -0.4 is 5.56 Å². The zero-order valence-electron chi connectivity index (χ0n) is 19.5. The van der Waals surface area contributed by atoms with Crippen LogP contribution in [0.4, 0.5) is 0 Å². The van der Waals surface area contributed by atoms with Crippen molar-refractivity contribution in [2.24, 2.45) is 0 Å². The van der Waals surface area contributed by atoms with Crippen molar-refractivity contribution in [2.75, 3.05) is 0 Å². The lowest BCUT2D eigenvalue weighted by Gasteiger charge is -2.12. The third-order valence-corrected chi connectivity index (χ3v) is 7.30. The molecule has 0 aliphatic carbocycles. The summed E-state index contributed by atoms with van der Waals surface area (Å²) in [5.74, 6) is 0. The van der Waals surface area contributed by atoms with Crippen LogP contribution in [0.25, 0.3) is 60.3 Å². The fraction of sp³-hybridized carbons (Fsp3) is 0.0625. The van der Waals surface area contributed by atoms with Crippen molar-refractivity contribution in [3.05, 3.63) is 119 Å². The zero-order chi connectivity index (χ0) is 23.7. The summed E-state index contributed by atoms with van der Waals surface area (Å²) in [6, 6.07) is 31.8. The summed E-state index contributed by atoms with van der Waals surface area (Å²) in [5, 5.41) is 4.13. The molecule has 3 aromatic heterocycles. The van der Waals surface area contributed by atoms with Gasteiger partial charge in [0, 0.05) is 27.7 Å². The van der Waals surface area contributed by atoms with E-state index < -0.39 is 0 Å². The van der Waals surface area contributed by atoms with Crippen LogP contribution in [-0.4, -0.2) is 9.38 Å². The van der Waals surface area contributed by atoms with E-state index in [1.54, 1.807) is 6.20 Å². The number of fused-ring (bicyclic) bond motifs is 5. The van der Waals surface area contributed by atoms with Gasteiger partial charge in [-0.05, 0) is 71.5 Å². The number of aryl methyl sites for hydroxylation is 2. The molecule has 0 N–H and O–H groups in total. The standard InChI is InChI=1S/C32H22N2O/c1-19-7-3-4-8-23(19)27-17-21(13-12-20(27)2)22-14-15-29-28(18-22)26-10-5-9-25-24-11-6-16-33-30(24)32(35)34(29)31(25)26/h3-18H,1-2H3. The van der Waals surface area contributed by atoms with E-state index in [4.69, 9.17) is 0 Å². The first kappa shape index (κ1) is 19.9. The average Bonchev–Trinajstić information content (AvgIpc) is 3.23. The Kier molecular flexibility index (Phi) is 4.13. The minimum absolute atomic E-state index is 0.0655. The Morgan fingerprint density at radius 2 is 1.34 bits per heavy atom. The van der Waals surface area contributed by atoms with E-state index in [2.05, 4.69) is 97.7 Å². The van der Waals surface area contributed by atoms with E-state index in [0.29, 0.717) is 5.52 Å². The number of hydrogen-bond acceptors (Lipinski definition) is 2. The molecule has 0 saturated heterocycles. The van der Waals surface area contributed by atoms with Gasteiger partial charge in [-0.2, -0.15) is 0 Å². The second-order valence-corrected chi connectivity index (χ2v) is 9.32. The highest BCUT2D eigenvalue weighted by Gasteiger charge is 2.18. The number of aromatic nitrogens is 2. The molecule has 0 aliphatic rings. The molecule has 0 radical (unpaired) electrons. The maximum atomic E-state index is 13.5. The average molecular weight is 451 g/mol. The van der Waals surface area contributed by atoms with E-state index in [1.807, 2.05) is 16.5 Å². The Bertz CT molecular complexity index is 2000. The van der Waals surface area contributed by atoms with Crippen molar-refractivity contribution in [2.45, 2.75) is 13.8 Å². The lowest BCUT2D eigenvalue weighted by Crippen LogP contribution is -2.13. The molecular formula is C32H22N2O. The third-order valence-electron chi connectivity index (χ3n) is 7.30. The fourth-order valence-corrected chi connectivity index (χ4v) is 5.54. The summed E-state index contributed by atoms with van der Waals surface area (Å²) in [5.41, 5.74) is 9.67.